The lowest BCUT2D eigenvalue weighted by Crippen LogP contribution is -2.06. The normalized spacial score (nSPS) is 13.4. The van der Waals surface area contributed by atoms with Crippen LogP contribution in [0.2, 0.25) is 0 Å². The van der Waals surface area contributed by atoms with Crippen LogP contribution in [0.15, 0.2) is 24.5 Å². The number of hydrogen-bond acceptors (Lipinski definition) is 3. The van der Waals surface area contributed by atoms with Gasteiger partial charge in [0.15, 0.2) is 0 Å². The number of hydrogen-bond donors (Lipinski definition) is 2. The molecule has 1 aromatic carbocycles. The van der Waals surface area contributed by atoms with Gasteiger partial charge >= 0.3 is 0 Å². The summed E-state index contributed by atoms with van der Waals surface area (Å²) in [6.45, 7) is 0.543. The van der Waals surface area contributed by atoms with Crippen molar-refractivity contribution in [1.29, 1.82) is 0 Å². The predicted molar refractivity (Wildman–Crippen MR) is 61.5 cm³/mol. The van der Waals surface area contributed by atoms with Gasteiger partial charge in [0.25, 0.3) is 0 Å². The van der Waals surface area contributed by atoms with Gasteiger partial charge in [-0.2, -0.15) is 12.6 Å². The fourth-order valence-electron chi connectivity index (χ4n) is 1.50. The molecular weight excluding hydrogens is 194 g/mol. The molecule has 0 spiro atoms. The number of benzene rings is 1. The van der Waals surface area contributed by atoms with Crippen molar-refractivity contribution in [2.24, 2.45) is 12.8 Å². The first-order valence-corrected chi connectivity index (χ1v) is 5.03. The van der Waals surface area contributed by atoms with E-state index in [2.05, 4.69) is 29.7 Å². The van der Waals surface area contributed by atoms with Crippen molar-refractivity contribution in [2.75, 3.05) is 6.54 Å². The molecule has 4 heteroatoms. The van der Waals surface area contributed by atoms with E-state index < -0.39 is 0 Å². The highest BCUT2D eigenvalue weighted by molar-refractivity contribution is 7.80. The minimum absolute atomic E-state index is 0.0985. The lowest BCUT2D eigenvalue weighted by Gasteiger charge is -2.07. The molecule has 0 fully saturated rings. The Morgan fingerprint density at radius 1 is 1.57 bits per heavy atom. The Labute approximate surface area is 88.3 Å². The van der Waals surface area contributed by atoms with Crippen molar-refractivity contribution >= 4 is 23.7 Å². The monoisotopic (exact) mass is 207 g/mol. The van der Waals surface area contributed by atoms with Crippen LogP contribution in [-0.4, -0.2) is 16.1 Å². The van der Waals surface area contributed by atoms with Gasteiger partial charge in [0.2, 0.25) is 0 Å². The van der Waals surface area contributed by atoms with E-state index in [1.54, 1.807) is 0 Å². The number of thiol groups is 1. The van der Waals surface area contributed by atoms with E-state index in [4.69, 9.17) is 5.73 Å². The topological polar surface area (TPSA) is 43.8 Å². The zero-order chi connectivity index (χ0) is 10.1. The number of rotatable bonds is 2. The third-order valence-corrected chi connectivity index (χ3v) is 2.87. The molecule has 2 rings (SSSR count). The Hall–Kier alpha value is -1.00. The van der Waals surface area contributed by atoms with Crippen molar-refractivity contribution < 1.29 is 0 Å². The molecule has 0 saturated heterocycles. The van der Waals surface area contributed by atoms with Gasteiger partial charge in [-0.25, -0.2) is 4.98 Å². The van der Waals surface area contributed by atoms with Crippen LogP contribution in [-0.2, 0) is 7.05 Å². The Kier molecular flexibility index (Phi) is 2.48. The summed E-state index contributed by atoms with van der Waals surface area (Å²) in [5.41, 5.74) is 8.81. The second-order valence-electron chi connectivity index (χ2n) is 3.36. The van der Waals surface area contributed by atoms with Crippen molar-refractivity contribution in [3.63, 3.8) is 0 Å². The molecule has 2 N–H and O–H groups in total. The van der Waals surface area contributed by atoms with Gasteiger partial charge < -0.3 is 10.3 Å². The molecule has 0 saturated carbocycles. The molecule has 0 aliphatic rings. The van der Waals surface area contributed by atoms with Crippen LogP contribution in [0, 0.1) is 0 Å². The average molecular weight is 207 g/mol. The van der Waals surface area contributed by atoms with Crippen molar-refractivity contribution in [2.45, 2.75) is 5.25 Å². The fourth-order valence-corrected chi connectivity index (χ4v) is 1.66. The van der Waals surface area contributed by atoms with E-state index in [1.807, 2.05) is 24.0 Å². The van der Waals surface area contributed by atoms with Crippen LogP contribution in [0.25, 0.3) is 11.0 Å². The maximum atomic E-state index is 5.55. The molecule has 2 aromatic rings. The Balaban J connectivity index is 2.52. The van der Waals surface area contributed by atoms with E-state index in [-0.39, 0.29) is 5.25 Å². The van der Waals surface area contributed by atoms with Gasteiger partial charge in [-0.05, 0) is 17.7 Å². The van der Waals surface area contributed by atoms with Gasteiger partial charge in [-0.3, -0.25) is 0 Å². The van der Waals surface area contributed by atoms with Crippen molar-refractivity contribution in [1.82, 2.24) is 9.55 Å². The quantitative estimate of drug-likeness (QED) is 0.733. The van der Waals surface area contributed by atoms with Crippen LogP contribution in [0.5, 0.6) is 0 Å². The molecule has 3 nitrogen and oxygen atoms in total. The molecule has 1 unspecified atom stereocenters. The minimum atomic E-state index is 0.0985. The average Bonchev–Trinajstić information content (AvgIpc) is 2.59. The third-order valence-electron chi connectivity index (χ3n) is 2.36. The summed E-state index contributed by atoms with van der Waals surface area (Å²) in [5.74, 6) is 0. The molecule has 1 aromatic heterocycles. The maximum Gasteiger partial charge on any atom is 0.0955 e. The number of nitrogens with zero attached hydrogens (tertiary/aromatic N) is 2. The molecule has 1 heterocycles. The lowest BCUT2D eigenvalue weighted by molar-refractivity contribution is 0.943. The fraction of sp³-hybridized carbons (Fsp3) is 0.300. The van der Waals surface area contributed by atoms with E-state index >= 15 is 0 Å². The molecule has 0 radical (unpaired) electrons. The van der Waals surface area contributed by atoms with Crippen molar-refractivity contribution in [3.05, 3.63) is 30.1 Å². The van der Waals surface area contributed by atoms with Gasteiger partial charge in [0.1, 0.15) is 0 Å². The Morgan fingerprint density at radius 3 is 3.07 bits per heavy atom. The number of imidazole rings is 1. The minimum Gasteiger partial charge on any atom is -0.334 e. The molecule has 74 valence electrons. The second-order valence-corrected chi connectivity index (χ2v) is 3.98. The van der Waals surface area contributed by atoms with Gasteiger partial charge in [0, 0.05) is 18.8 Å². The molecule has 1 atom stereocenters. The summed E-state index contributed by atoms with van der Waals surface area (Å²) in [6.07, 6.45) is 1.81. The third kappa shape index (κ3) is 1.51. The number of nitrogens with two attached hydrogens (primary N) is 1. The largest absolute Gasteiger partial charge is 0.334 e. The number of aromatic nitrogens is 2. The lowest BCUT2D eigenvalue weighted by atomic mass is 10.1. The number of fused-ring (bicyclic) bond motifs is 1. The Morgan fingerprint density at radius 2 is 2.36 bits per heavy atom. The summed E-state index contributed by atoms with van der Waals surface area (Å²) in [4.78, 5) is 4.28. The Bertz CT molecular complexity index is 450. The van der Waals surface area contributed by atoms with E-state index in [0.29, 0.717) is 6.54 Å². The van der Waals surface area contributed by atoms with Crippen LogP contribution in [0.4, 0.5) is 0 Å². The van der Waals surface area contributed by atoms with Crippen LogP contribution in [0.3, 0.4) is 0 Å². The molecule has 0 bridgehead atoms. The smallest absolute Gasteiger partial charge is 0.0955 e. The van der Waals surface area contributed by atoms with Crippen LogP contribution >= 0.6 is 12.6 Å². The molecule has 0 amide bonds. The van der Waals surface area contributed by atoms with E-state index in [0.717, 1.165) is 16.6 Å². The predicted octanol–water partition coefficient (Wildman–Crippen LogP) is 1.50. The zero-order valence-corrected chi connectivity index (χ0v) is 8.91. The second kappa shape index (κ2) is 3.63. The summed E-state index contributed by atoms with van der Waals surface area (Å²) < 4.78 is 2.00. The van der Waals surface area contributed by atoms with Gasteiger partial charge in [0.05, 0.1) is 17.4 Å². The highest BCUT2D eigenvalue weighted by Gasteiger charge is 2.06. The highest BCUT2D eigenvalue weighted by Crippen LogP contribution is 2.22. The van der Waals surface area contributed by atoms with E-state index in [1.165, 1.54) is 0 Å². The van der Waals surface area contributed by atoms with E-state index in [9.17, 15) is 0 Å². The first kappa shape index (κ1) is 9.55. The van der Waals surface area contributed by atoms with Crippen LogP contribution < -0.4 is 5.73 Å². The summed E-state index contributed by atoms with van der Waals surface area (Å²) >= 11 is 4.39. The van der Waals surface area contributed by atoms with Gasteiger partial charge in [-0.15, -0.1) is 0 Å². The number of aryl methyl sites for hydroxylation is 1. The summed E-state index contributed by atoms with van der Waals surface area (Å²) in [6, 6.07) is 6.14. The first-order valence-electron chi connectivity index (χ1n) is 4.51. The summed E-state index contributed by atoms with van der Waals surface area (Å²) in [7, 11) is 1.98. The highest BCUT2D eigenvalue weighted by atomic mass is 32.1. The molecule has 0 aliphatic carbocycles. The molecular formula is C10H13N3S. The van der Waals surface area contributed by atoms with Gasteiger partial charge in [-0.1, -0.05) is 6.07 Å². The van der Waals surface area contributed by atoms with Crippen LogP contribution in [0.1, 0.15) is 10.8 Å². The SMILES string of the molecule is Cn1cnc2cc(C(S)CN)ccc21. The zero-order valence-electron chi connectivity index (χ0n) is 8.01. The maximum absolute atomic E-state index is 5.55. The summed E-state index contributed by atoms with van der Waals surface area (Å²) in [5, 5.41) is 0.0985. The molecule has 0 aliphatic heterocycles. The standard InChI is InChI=1S/C10H13N3S/c1-13-6-12-8-4-7(10(14)5-11)2-3-9(8)13/h2-4,6,10,14H,5,11H2,1H3. The molecule has 14 heavy (non-hydrogen) atoms. The first-order chi connectivity index (χ1) is 6.72. The van der Waals surface area contributed by atoms with Crippen molar-refractivity contribution in [3.8, 4) is 0 Å².